The minimum absolute atomic E-state index is 0.0815. The fraction of sp³-hybridized carbons (Fsp3) is 0.773. The van der Waals surface area contributed by atoms with Crippen molar-refractivity contribution in [1.29, 1.82) is 0 Å². The molecule has 6 nitrogen and oxygen atoms in total. The highest BCUT2D eigenvalue weighted by Gasteiger charge is 2.19. The van der Waals surface area contributed by atoms with Crippen LogP contribution in [0.15, 0.2) is 85.1 Å². The van der Waals surface area contributed by atoms with Crippen LogP contribution in [-0.4, -0.2) is 37.2 Å². The maximum absolute atomic E-state index is 12.9. The van der Waals surface area contributed by atoms with Gasteiger partial charge in [-0.2, -0.15) is 0 Å². The van der Waals surface area contributed by atoms with Crippen molar-refractivity contribution in [2.45, 2.75) is 361 Å². The van der Waals surface area contributed by atoms with Crippen molar-refractivity contribution >= 4 is 17.9 Å². The summed E-state index contributed by atoms with van der Waals surface area (Å²) in [7, 11) is 0. The second-order valence-electron chi connectivity index (χ2n) is 23.4. The standard InChI is InChI=1S/C75H132O6/c1-4-7-10-13-16-19-22-25-27-29-31-33-34-35-36-37-38-39-40-42-43-45-47-50-53-56-59-62-65-68-74(77)80-71-72(70-79-73(76)67-64-61-58-55-52-49-24-21-18-15-12-9-6-3)81-75(78)69-66-63-60-57-54-51-48-46-44-41-32-30-28-26-23-20-17-14-11-8-5-2/h7,9-10,12,16,18-19,21,25,27,31,33,49,52,72H,4-6,8,11,13-15,17,20,22-24,26,28-30,32,34-48,50-51,53-71H2,1-3H3/b10-7-,12-9-,19-16-,21-18-,27-25-,33-31-,52-49-. The Morgan fingerprint density at radius 1 is 0.259 bits per heavy atom. The van der Waals surface area contributed by atoms with Crippen LogP contribution in [0.2, 0.25) is 0 Å². The van der Waals surface area contributed by atoms with E-state index >= 15 is 0 Å². The van der Waals surface area contributed by atoms with E-state index < -0.39 is 6.10 Å². The largest absolute Gasteiger partial charge is 0.462 e. The minimum atomic E-state index is -0.787. The molecule has 0 aromatic carbocycles. The number of carbonyl (C=O) groups excluding carboxylic acids is 3. The van der Waals surface area contributed by atoms with Crippen LogP contribution in [0.5, 0.6) is 0 Å². The first-order valence-electron chi connectivity index (χ1n) is 35.1. The number of esters is 3. The molecule has 0 fully saturated rings. The first-order chi connectivity index (χ1) is 40.0. The molecule has 1 unspecified atom stereocenters. The van der Waals surface area contributed by atoms with Crippen LogP contribution in [-0.2, 0) is 28.6 Å². The molecular weight excluding hydrogens is 997 g/mol. The number of hydrogen-bond donors (Lipinski definition) is 0. The molecule has 0 spiro atoms. The summed E-state index contributed by atoms with van der Waals surface area (Å²) >= 11 is 0. The molecule has 6 heteroatoms. The van der Waals surface area contributed by atoms with E-state index in [9.17, 15) is 14.4 Å². The maximum atomic E-state index is 12.9. The van der Waals surface area contributed by atoms with Gasteiger partial charge >= 0.3 is 17.9 Å². The third kappa shape index (κ3) is 67.3. The quantitative estimate of drug-likeness (QED) is 0.0261. The van der Waals surface area contributed by atoms with Gasteiger partial charge in [-0.25, -0.2) is 0 Å². The zero-order valence-corrected chi connectivity index (χ0v) is 53.8. The first-order valence-corrected chi connectivity index (χ1v) is 35.1. The summed E-state index contributed by atoms with van der Waals surface area (Å²) < 4.78 is 17.0. The molecule has 0 bridgehead atoms. The molecule has 0 saturated carbocycles. The highest BCUT2D eigenvalue weighted by atomic mass is 16.6. The summed E-state index contributed by atoms with van der Waals surface area (Å²) in [5.41, 5.74) is 0. The fourth-order valence-corrected chi connectivity index (χ4v) is 10.2. The number of carbonyl (C=O) groups is 3. The number of allylic oxidation sites excluding steroid dienone is 14. The van der Waals surface area contributed by atoms with Gasteiger partial charge in [0.05, 0.1) is 0 Å². The van der Waals surface area contributed by atoms with Gasteiger partial charge in [0.1, 0.15) is 13.2 Å². The Hall–Kier alpha value is -3.41. The van der Waals surface area contributed by atoms with Gasteiger partial charge in [0, 0.05) is 19.3 Å². The third-order valence-corrected chi connectivity index (χ3v) is 15.4. The number of rotatable bonds is 64. The highest BCUT2D eigenvalue weighted by molar-refractivity contribution is 5.71. The lowest BCUT2D eigenvalue weighted by atomic mass is 10.0. The molecule has 0 rings (SSSR count). The van der Waals surface area contributed by atoms with Crippen LogP contribution < -0.4 is 0 Å². The SMILES string of the molecule is CC/C=C\C/C=C\C/C=C\C/C=C\CCCCCCCCCCCCCCCCCCC(=O)OCC(COC(=O)CCCCC/C=C\C/C=C\C/C=C\CC)OC(=O)CCCCCCCCCCCCCCCCCCCCCCC. The predicted octanol–water partition coefficient (Wildman–Crippen LogP) is 24.2. The van der Waals surface area contributed by atoms with Crippen molar-refractivity contribution in [3.8, 4) is 0 Å². The molecule has 81 heavy (non-hydrogen) atoms. The van der Waals surface area contributed by atoms with E-state index in [1.54, 1.807) is 0 Å². The van der Waals surface area contributed by atoms with Gasteiger partial charge < -0.3 is 14.2 Å². The van der Waals surface area contributed by atoms with Gasteiger partial charge in [-0.1, -0.05) is 331 Å². The average molecular weight is 1130 g/mol. The van der Waals surface area contributed by atoms with Crippen LogP contribution in [0.1, 0.15) is 355 Å². The molecule has 0 heterocycles. The maximum Gasteiger partial charge on any atom is 0.306 e. The lowest BCUT2D eigenvalue weighted by Crippen LogP contribution is -2.30. The van der Waals surface area contributed by atoms with Gasteiger partial charge in [-0.15, -0.1) is 0 Å². The minimum Gasteiger partial charge on any atom is -0.462 e. The molecule has 1 atom stereocenters. The van der Waals surface area contributed by atoms with Crippen molar-refractivity contribution in [2.24, 2.45) is 0 Å². The second kappa shape index (κ2) is 69.1. The van der Waals surface area contributed by atoms with Gasteiger partial charge in [0.15, 0.2) is 6.10 Å². The molecular formula is C75H132O6. The van der Waals surface area contributed by atoms with E-state index in [1.165, 1.54) is 205 Å². The third-order valence-electron chi connectivity index (χ3n) is 15.4. The molecule has 0 N–H and O–H groups in total. The van der Waals surface area contributed by atoms with Crippen molar-refractivity contribution in [2.75, 3.05) is 13.2 Å². The lowest BCUT2D eigenvalue weighted by molar-refractivity contribution is -0.167. The second-order valence-corrected chi connectivity index (χ2v) is 23.4. The molecule has 0 aliphatic carbocycles. The van der Waals surface area contributed by atoms with Crippen LogP contribution in [0, 0.1) is 0 Å². The van der Waals surface area contributed by atoms with Gasteiger partial charge in [0.25, 0.3) is 0 Å². The Bertz CT molecular complexity index is 1530. The Kier molecular flexibility index (Phi) is 66.2. The van der Waals surface area contributed by atoms with E-state index in [0.717, 1.165) is 109 Å². The summed E-state index contributed by atoms with van der Waals surface area (Å²) in [5.74, 6) is -0.891. The van der Waals surface area contributed by atoms with Gasteiger partial charge in [-0.3, -0.25) is 14.4 Å². The van der Waals surface area contributed by atoms with Crippen LogP contribution in [0.4, 0.5) is 0 Å². The van der Waals surface area contributed by atoms with Crippen LogP contribution in [0.25, 0.3) is 0 Å². The molecule has 0 saturated heterocycles. The number of hydrogen-bond acceptors (Lipinski definition) is 6. The van der Waals surface area contributed by atoms with Crippen molar-refractivity contribution < 1.29 is 28.6 Å². The fourth-order valence-electron chi connectivity index (χ4n) is 10.2. The Morgan fingerprint density at radius 2 is 0.481 bits per heavy atom. The zero-order valence-electron chi connectivity index (χ0n) is 53.8. The van der Waals surface area contributed by atoms with Crippen molar-refractivity contribution in [3.63, 3.8) is 0 Å². The Labute approximate surface area is 503 Å². The van der Waals surface area contributed by atoms with Gasteiger partial charge in [-0.05, 0) is 89.9 Å². The Morgan fingerprint density at radius 3 is 0.765 bits per heavy atom. The van der Waals surface area contributed by atoms with E-state index in [2.05, 4.69) is 106 Å². The first kappa shape index (κ1) is 77.6. The highest BCUT2D eigenvalue weighted by Crippen LogP contribution is 2.18. The van der Waals surface area contributed by atoms with E-state index in [4.69, 9.17) is 14.2 Å². The van der Waals surface area contributed by atoms with E-state index in [-0.39, 0.29) is 31.1 Å². The van der Waals surface area contributed by atoms with Crippen molar-refractivity contribution in [1.82, 2.24) is 0 Å². The van der Waals surface area contributed by atoms with E-state index in [1.807, 2.05) is 0 Å². The van der Waals surface area contributed by atoms with Crippen molar-refractivity contribution in [3.05, 3.63) is 85.1 Å². The van der Waals surface area contributed by atoms with Gasteiger partial charge in [0.2, 0.25) is 0 Å². The number of unbranched alkanes of at least 4 members (excludes halogenated alkanes) is 39. The molecule has 0 aliphatic heterocycles. The number of ether oxygens (including phenoxy) is 3. The monoisotopic (exact) mass is 1130 g/mol. The summed E-state index contributed by atoms with van der Waals surface area (Å²) in [5, 5.41) is 0. The molecule has 0 aromatic rings. The van der Waals surface area contributed by atoms with Crippen LogP contribution >= 0.6 is 0 Å². The van der Waals surface area contributed by atoms with Crippen LogP contribution in [0.3, 0.4) is 0 Å². The smallest absolute Gasteiger partial charge is 0.306 e. The van der Waals surface area contributed by atoms with E-state index in [0.29, 0.717) is 19.3 Å². The predicted molar refractivity (Wildman–Crippen MR) is 353 cm³/mol. The molecule has 0 aromatic heterocycles. The molecule has 0 amide bonds. The molecule has 0 radical (unpaired) electrons. The topological polar surface area (TPSA) is 78.9 Å². The average Bonchev–Trinajstić information content (AvgIpc) is 3.46. The normalized spacial score (nSPS) is 12.6. The summed E-state index contributed by atoms with van der Waals surface area (Å²) in [6.07, 6.45) is 91.9. The summed E-state index contributed by atoms with van der Waals surface area (Å²) in [4.78, 5) is 38.4. The summed E-state index contributed by atoms with van der Waals surface area (Å²) in [6, 6.07) is 0. The molecule has 468 valence electrons. The summed E-state index contributed by atoms with van der Waals surface area (Å²) in [6.45, 7) is 6.44. The lowest BCUT2D eigenvalue weighted by Gasteiger charge is -2.18. The zero-order chi connectivity index (χ0) is 58.5. The Balaban J connectivity index is 4.23. The molecule has 0 aliphatic rings.